The highest BCUT2D eigenvalue weighted by atomic mass is 35.5. The smallest absolute Gasteiger partial charge is 0.283 e. The van der Waals surface area contributed by atoms with Crippen LogP contribution in [0.5, 0.6) is 0 Å². The number of imide groups is 1. The molecule has 34 heavy (non-hydrogen) atoms. The molecule has 2 amide bonds. The van der Waals surface area contributed by atoms with E-state index in [0.717, 1.165) is 29.7 Å². The predicted molar refractivity (Wildman–Crippen MR) is 142 cm³/mol. The van der Waals surface area contributed by atoms with Gasteiger partial charge in [0.05, 0.1) is 5.69 Å². The summed E-state index contributed by atoms with van der Waals surface area (Å²) < 4.78 is 0. The van der Waals surface area contributed by atoms with Gasteiger partial charge in [0.1, 0.15) is 10.6 Å². The summed E-state index contributed by atoms with van der Waals surface area (Å²) >= 11 is 13.4. The van der Waals surface area contributed by atoms with Crippen molar-refractivity contribution in [1.82, 2.24) is 0 Å². The molecule has 0 fully saturated rings. The van der Waals surface area contributed by atoms with Crippen molar-refractivity contribution in [2.45, 2.75) is 38.0 Å². The van der Waals surface area contributed by atoms with Crippen LogP contribution in [-0.4, -0.2) is 11.8 Å². The molecule has 3 aromatic carbocycles. The maximum Gasteiger partial charge on any atom is 0.283 e. The van der Waals surface area contributed by atoms with Crippen LogP contribution in [0.3, 0.4) is 0 Å². The Morgan fingerprint density at radius 3 is 2.24 bits per heavy atom. The summed E-state index contributed by atoms with van der Waals surface area (Å²) in [5.41, 5.74) is 3.54. The first-order chi connectivity index (χ1) is 16.4. The van der Waals surface area contributed by atoms with Crippen LogP contribution in [0.4, 0.5) is 11.4 Å². The Hall–Kier alpha value is -2.73. The van der Waals surface area contributed by atoms with Gasteiger partial charge in [0, 0.05) is 20.6 Å². The first-order valence-corrected chi connectivity index (χ1v) is 12.6. The van der Waals surface area contributed by atoms with Crippen LogP contribution in [0, 0.1) is 6.92 Å². The van der Waals surface area contributed by atoms with Crippen molar-refractivity contribution >= 4 is 58.2 Å². The lowest BCUT2D eigenvalue weighted by Crippen LogP contribution is -2.32. The second kappa shape index (κ2) is 10.7. The highest BCUT2D eigenvalue weighted by Crippen LogP contribution is 2.38. The number of amides is 2. The van der Waals surface area contributed by atoms with Crippen LogP contribution in [0.25, 0.3) is 0 Å². The minimum atomic E-state index is -0.401. The lowest BCUT2D eigenvalue weighted by atomic mass is 10.1. The molecule has 1 aliphatic rings. The van der Waals surface area contributed by atoms with E-state index < -0.39 is 5.91 Å². The molecule has 1 N–H and O–H groups in total. The molecule has 4 rings (SSSR count). The second-order valence-electron chi connectivity index (χ2n) is 8.06. The first-order valence-electron chi connectivity index (χ1n) is 11.1. The number of carbonyl (C=O) groups excluding carboxylic acids is 2. The molecule has 3 aromatic rings. The molecule has 1 heterocycles. The van der Waals surface area contributed by atoms with Crippen LogP contribution in [0.1, 0.15) is 30.9 Å². The minimum Gasteiger partial charge on any atom is -0.350 e. The molecule has 0 saturated carbocycles. The summed E-state index contributed by atoms with van der Waals surface area (Å²) in [6.45, 7) is 4.07. The van der Waals surface area contributed by atoms with E-state index in [1.807, 2.05) is 49.4 Å². The number of hydrogen-bond donors (Lipinski definition) is 1. The monoisotopic (exact) mass is 510 g/mol. The highest BCUT2D eigenvalue weighted by Gasteiger charge is 2.40. The fraction of sp³-hybridized carbons (Fsp3) is 0.185. The Morgan fingerprint density at radius 1 is 0.882 bits per heavy atom. The van der Waals surface area contributed by atoms with Crippen molar-refractivity contribution in [3.05, 3.63) is 98.5 Å². The number of thioether (sulfide) groups is 1. The molecular formula is C27H24Cl2N2O2S. The molecule has 0 radical (unpaired) electrons. The third-order valence-corrected chi connectivity index (χ3v) is 7.13. The van der Waals surface area contributed by atoms with Gasteiger partial charge in [-0.2, -0.15) is 0 Å². The molecule has 1 aliphatic heterocycles. The molecule has 0 atom stereocenters. The number of halogens is 2. The number of rotatable bonds is 8. The van der Waals surface area contributed by atoms with Gasteiger partial charge in [-0.25, -0.2) is 4.90 Å². The number of nitrogens with zero attached hydrogens (tertiary/aromatic N) is 1. The van der Waals surface area contributed by atoms with Crippen LogP contribution >= 0.6 is 35.0 Å². The van der Waals surface area contributed by atoms with Gasteiger partial charge in [0.25, 0.3) is 11.8 Å². The average molecular weight is 511 g/mol. The van der Waals surface area contributed by atoms with Gasteiger partial charge >= 0.3 is 0 Å². The van der Waals surface area contributed by atoms with Gasteiger partial charge in [-0.1, -0.05) is 66.5 Å². The molecule has 7 heteroatoms. The number of carbonyl (C=O) groups is 2. The number of hydrogen-bond acceptors (Lipinski definition) is 4. The van der Waals surface area contributed by atoms with Gasteiger partial charge in [-0.15, -0.1) is 0 Å². The maximum atomic E-state index is 13.5. The largest absolute Gasteiger partial charge is 0.350 e. The Balaban J connectivity index is 1.70. The highest BCUT2D eigenvalue weighted by molar-refractivity contribution is 8.04. The zero-order chi connectivity index (χ0) is 24.2. The Labute approximate surface area is 213 Å². The van der Waals surface area contributed by atoms with Gasteiger partial charge in [-0.3, -0.25) is 9.59 Å². The van der Waals surface area contributed by atoms with E-state index in [-0.39, 0.29) is 11.6 Å². The lowest BCUT2D eigenvalue weighted by Gasteiger charge is -2.16. The summed E-state index contributed by atoms with van der Waals surface area (Å²) in [6.07, 6.45) is 3.17. The van der Waals surface area contributed by atoms with Crippen molar-refractivity contribution in [3.63, 3.8) is 0 Å². The summed E-state index contributed by atoms with van der Waals surface area (Å²) in [5, 5.41) is 4.33. The van der Waals surface area contributed by atoms with Gasteiger partial charge in [0.15, 0.2) is 0 Å². The van der Waals surface area contributed by atoms with Crippen LogP contribution in [-0.2, 0) is 16.0 Å². The molecule has 0 unspecified atom stereocenters. The van der Waals surface area contributed by atoms with E-state index in [2.05, 4.69) is 12.2 Å². The quantitative estimate of drug-likeness (QED) is 0.316. The second-order valence-corrected chi connectivity index (χ2v) is 10.0. The summed E-state index contributed by atoms with van der Waals surface area (Å²) in [7, 11) is 0. The molecule has 174 valence electrons. The van der Waals surface area contributed by atoms with Gasteiger partial charge in [0.2, 0.25) is 0 Å². The van der Waals surface area contributed by atoms with Crippen molar-refractivity contribution in [2.24, 2.45) is 0 Å². The zero-order valence-electron chi connectivity index (χ0n) is 18.9. The standard InChI is InChI=1S/C27H24Cl2N2O2S/c1-3-4-5-18-7-12-21(13-8-18)31-26(32)24(30-23-16-20(29)9-6-17(23)2)25(27(31)33)34-22-14-10-19(28)11-15-22/h6-16,30H,3-5H2,1-2H3. The van der Waals surface area contributed by atoms with E-state index in [9.17, 15) is 9.59 Å². The fourth-order valence-corrected chi connectivity index (χ4v) is 4.85. The van der Waals surface area contributed by atoms with Crippen molar-refractivity contribution in [3.8, 4) is 0 Å². The number of anilines is 2. The van der Waals surface area contributed by atoms with Crippen molar-refractivity contribution in [2.75, 3.05) is 10.2 Å². The third-order valence-electron chi connectivity index (χ3n) is 5.55. The normalized spacial score (nSPS) is 13.7. The number of nitrogens with one attached hydrogen (secondary N) is 1. The summed E-state index contributed by atoms with van der Waals surface area (Å²) in [4.78, 5) is 29.4. The minimum absolute atomic E-state index is 0.227. The summed E-state index contributed by atoms with van der Waals surface area (Å²) in [6, 6.07) is 20.2. The lowest BCUT2D eigenvalue weighted by molar-refractivity contribution is -0.120. The van der Waals surface area contributed by atoms with E-state index in [4.69, 9.17) is 23.2 Å². The van der Waals surface area contributed by atoms with Gasteiger partial charge < -0.3 is 5.32 Å². The first kappa shape index (κ1) is 24.4. The van der Waals surface area contributed by atoms with Crippen LogP contribution in [0.2, 0.25) is 10.0 Å². The molecule has 0 saturated heterocycles. The molecule has 0 spiro atoms. The predicted octanol–water partition coefficient (Wildman–Crippen LogP) is 7.63. The maximum absolute atomic E-state index is 13.5. The van der Waals surface area contributed by atoms with Crippen molar-refractivity contribution < 1.29 is 9.59 Å². The molecule has 4 nitrogen and oxygen atoms in total. The number of unbranched alkanes of at least 4 members (excludes halogenated alkanes) is 1. The Morgan fingerprint density at radius 2 is 1.56 bits per heavy atom. The summed E-state index contributed by atoms with van der Waals surface area (Å²) in [5.74, 6) is -0.768. The van der Waals surface area contributed by atoms with Crippen LogP contribution < -0.4 is 10.2 Å². The Bertz CT molecular complexity index is 1250. The SMILES string of the molecule is CCCCc1ccc(N2C(=O)C(Nc3cc(Cl)ccc3C)=C(Sc3ccc(Cl)cc3)C2=O)cc1. The number of benzene rings is 3. The average Bonchev–Trinajstić information content (AvgIpc) is 3.05. The topological polar surface area (TPSA) is 49.4 Å². The van der Waals surface area contributed by atoms with E-state index in [1.165, 1.54) is 22.2 Å². The molecule has 0 aliphatic carbocycles. The fourth-order valence-electron chi connectivity index (χ4n) is 3.63. The zero-order valence-corrected chi connectivity index (χ0v) is 21.2. The molecule has 0 bridgehead atoms. The van der Waals surface area contributed by atoms with Gasteiger partial charge in [-0.05, 0) is 79.4 Å². The van der Waals surface area contributed by atoms with E-state index in [0.29, 0.717) is 26.3 Å². The van der Waals surface area contributed by atoms with Crippen LogP contribution in [0.15, 0.2) is 82.2 Å². The molecular weight excluding hydrogens is 487 g/mol. The Kier molecular flexibility index (Phi) is 7.67. The number of aryl methyl sites for hydroxylation is 2. The van der Waals surface area contributed by atoms with Crippen molar-refractivity contribution in [1.29, 1.82) is 0 Å². The molecule has 0 aromatic heterocycles. The van der Waals surface area contributed by atoms with E-state index in [1.54, 1.807) is 24.3 Å². The van der Waals surface area contributed by atoms with E-state index >= 15 is 0 Å². The third kappa shape index (κ3) is 5.33.